The highest BCUT2D eigenvalue weighted by Gasteiger charge is 2.41. The number of rotatable bonds is 3. The van der Waals surface area contributed by atoms with Crippen LogP contribution in [-0.4, -0.2) is 22.1 Å². The third-order valence-corrected chi connectivity index (χ3v) is 4.44. The molecule has 0 amide bonds. The fourth-order valence-electron chi connectivity index (χ4n) is 2.11. The Kier molecular flexibility index (Phi) is 3.39. The van der Waals surface area contributed by atoms with E-state index in [0.717, 1.165) is 11.3 Å². The molecule has 1 aliphatic heterocycles. The molecule has 1 aromatic rings. The molecule has 0 aromatic heterocycles. The number of carbonyl (C=O) groups excluding carboxylic acids is 1. The molecule has 0 aliphatic carbocycles. The summed E-state index contributed by atoms with van der Waals surface area (Å²) in [6, 6.07) is 7.68. The van der Waals surface area contributed by atoms with E-state index in [1.54, 1.807) is 14.0 Å². The Morgan fingerprint density at radius 3 is 2.72 bits per heavy atom. The van der Waals surface area contributed by atoms with Crippen LogP contribution in [0.25, 0.3) is 0 Å². The van der Waals surface area contributed by atoms with E-state index < -0.39 is 4.75 Å². The monoisotopic (exact) mass is 264 g/mol. The van der Waals surface area contributed by atoms with Gasteiger partial charge in [-0.1, -0.05) is 23.9 Å². The first-order valence-electron chi connectivity index (χ1n) is 5.73. The zero-order valence-corrected chi connectivity index (χ0v) is 11.5. The molecule has 0 bridgehead atoms. The fraction of sp³-hybridized carbons (Fsp3) is 0.357. The van der Waals surface area contributed by atoms with Crippen LogP contribution in [0.3, 0.4) is 0 Å². The number of carbonyl (C=O) groups is 1. The Hall–Kier alpha value is -1.42. The van der Waals surface area contributed by atoms with E-state index >= 15 is 0 Å². The van der Waals surface area contributed by atoms with Crippen molar-refractivity contribution >= 4 is 16.9 Å². The van der Waals surface area contributed by atoms with Gasteiger partial charge in [-0.15, -0.1) is 0 Å². The number of methoxy groups -OCH3 is 1. The first-order chi connectivity index (χ1) is 8.46. The Balaban J connectivity index is 2.26. The highest BCUT2D eigenvalue weighted by Crippen LogP contribution is 2.44. The lowest BCUT2D eigenvalue weighted by Gasteiger charge is -2.22. The Morgan fingerprint density at radius 1 is 1.44 bits per heavy atom. The molecule has 1 aromatic carbocycles. The Bertz CT molecular complexity index is 522. The van der Waals surface area contributed by atoms with Gasteiger partial charge in [-0.25, -0.2) is 0 Å². The highest BCUT2D eigenvalue weighted by molar-refractivity contribution is 8.15. The van der Waals surface area contributed by atoms with Gasteiger partial charge in [0.2, 0.25) is 5.12 Å². The number of ether oxygens (including phenoxy) is 1. The van der Waals surface area contributed by atoms with Crippen LogP contribution in [-0.2, 0) is 11.2 Å². The minimum atomic E-state index is -0.562. The molecule has 2 rings (SSSR count). The lowest BCUT2D eigenvalue weighted by atomic mass is 9.96. The summed E-state index contributed by atoms with van der Waals surface area (Å²) >= 11 is 1.19. The lowest BCUT2D eigenvalue weighted by Crippen LogP contribution is -2.23. The lowest BCUT2D eigenvalue weighted by molar-refractivity contribution is -0.107. The van der Waals surface area contributed by atoms with E-state index in [0.29, 0.717) is 12.0 Å². The minimum Gasteiger partial charge on any atom is -0.510 e. The molecule has 0 fully saturated rings. The van der Waals surface area contributed by atoms with Gasteiger partial charge in [0.05, 0.1) is 11.9 Å². The van der Waals surface area contributed by atoms with Gasteiger partial charge in [-0.2, -0.15) is 0 Å². The largest absolute Gasteiger partial charge is 0.510 e. The first kappa shape index (κ1) is 13.0. The molecule has 4 heteroatoms. The SMILES string of the molecule is COc1cccc(C[C@]2(C)SC(=O)C(C)=C2O)c1. The topological polar surface area (TPSA) is 46.5 Å². The van der Waals surface area contributed by atoms with E-state index in [4.69, 9.17) is 4.74 Å². The van der Waals surface area contributed by atoms with Crippen LogP contribution >= 0.6 is 11.8 Å². The van der Waals surface area contributed by atoms with Crippen molar-refractivity contribution in [2.24, 2.45) is 0 Å². The summed E-state index contributed by atoms with van der Waals surface area (Å²) in [7, 11) is 1.62. The normalized spacial score (nSPS) is 23.6. The standard InChI is InChI=1S/C14H16O3S/c1-9-12(15)14(2,18-13(9)16)8-10-5-4-6-11(7-10)17-3/h4-7,15H,8H2,1-3H3/t14-/m0/s1. The quantitative estimate of drug-likeness (QED) is 0.911. The van der Waals surface area contributed by atoms with E-state index in [2.05, 4.69) is 0 Å². The third kappa shape index (κ3) is 2.25. The number of benzene rings is 1. The smallest absolute Gasteiger partial charge is 0.219 e. The molecule has 0 radical (unpaired) electrons. The van der Waals surface area contributed by atoms with E-state index in [-0.39, 0.29) is 10.9 Å². The molecule has 96 valence electrons. The summed E-state index contributed by atoms with van der Waals surface area (Å²) in [6.07, 6.45) is 0.601. The van der Waals surface area contributed by atoms with Gasteiger partial charge in [0.1, 0.15) is 11.5 Å². The molecule has 1 atom stereocenters. The van der Waals surface area contributed by atoms with Crippen molar-refractivity contribution in [2.75, 3.05) is 7.11 Å². The summed E-state index contributed by atoms with van der Waals surface area (Å²) < 4.78 is 4.61. The first-order valence-corrected chi connectivity index (χ1v) is 6.54. The van der Waals surface area contributed by atoms with E-state index in [1.807, 2.05) is 31.2 Å². The number of aliphatic hydroxyl groups is 1. The van der Waals surface area contributed by atoms with Gasteiger partial charge in [0.25, 0.3) is 0 Å². The van der Waals surface area contributed by atoms with Crippen LogP contribution in [0.1, 0.15) is 19.4 Å². The third-order valence-electron chi connectivity index (χ3n) is 3.16. The molecule has 0 spiro atoms. The van der Waals surface area contributed by atoms with Gasteiger partial charge in [0, 0.05) is 5.57 Å². The maximum absolute atomic E-state index is 11.6. The van der Waals surface area contributed by atoms with Crippen LogP contribution in [0.2, 0.25) is 0 Å². The maximum atomic E-state index is 11.6. The van der Waals surface area contributed by atoms with E-state index in [9.17, 15) is 9.90 Å². The number of thioether (sulfide) groups is 1. The van der Waals surface area contributed by atoms with E-state index in [1.165, 1.54) is 11.8 Å². The zero-order valence-electron chi connectivity index (χ0n) is 10.7. The Morgan fingerprint density at radius 2 is 2.17 bits per heavy atom. The molecule has 3 nitrogen and oxygen atoms in total. The summed E-state index contributed by atoms with van der Waals surface area (Å²) in [4.78, 5) is 11.6. The summed E-state index contributed by atoms with van der Waals surface area (Å²) in [5.74, 6) is 0.978. The van der Waals surface area contributed by atoms with Gasteiger partial charge < -0.3 is 9.84 Å². The molecule has 18 heavy (non-hydrogen) atoms. The van der Waals surface area contributed by atoms with Crippen molar-refractivity contribution in [3.05, 3.63) is 41.2 Å². The van der Waals surface area contributed by atoms with Crippen LogP contribution in [0.5, 0.6) is 5.75 Å². The predicted octanol–water partition coefficient (Wildman–Crippen LogP) is 3.10. The second-order valence-corrected chi connectivity index (χ2v) is 6.10. The second kappa shape index (κ2) is 4.69. The predicted molar refractivity (Wildman–Crippen MR) is 73.0 cm³/mol. The van der Waals surface area contributed by atoms with Gasteiger partial charge in [-0.3, -0.25) is 4.79 Å². The van der Waals surface area contributed by atoms with Crippen molar-refractivity contribution in [2.45, 2.75) is 25.0 Å². The highest BCUT2D eigenvalue weighted by atomic mass is 32.2. The van der Waals surface area contributed by atoms with Crippen molar-refractivity contribution in [3.63, 3.8) is 0 Å². The van der Waals surface area contributed by atoms with Gasteiger partial charge >= 0.3 is 0 Å². The molecular formula is C14H16O3S. The Labute approximate surface area is 111 Å². The van der Waals surface area contributed by atoms with Crippen LogP contribution < -0.4 is 4.74 Å². The number of hydrogen-bond donors (Lipinski definition) is 1. The van der Waals surface area contributed by atoms with Crippen molar-refractivity contribution in [3.8, 4) is 5.75 Å². The summed E-state index contributed by atoms with van der Waals surface area (Å²) in [5, 5.41) is 10.0. The molecule has 0 saturated heterocycles. The maximum Gasteiger partial charge on any atom is 0.219 e. The van der Waals surface area contributed by atoms with Crippen molar-refractivity contribution < 1.29 is 14.6 Å². The zero-order chi connectivity index (χ0) is 13.3. The molecule has 0 unspecified atom stereocenters. The summed E-state index contributed by atoms with van der Waals surface area (Å²) in [5.41, 5.74) is 1.50. The number of aliphatic hydroxyl groups excluding tert-OH is 1. The fourth-order valence-corrected chi connectivity index (χ4v) is 3.26. The molecule has 1 heterocycles. The second-order valence-electron chi connectivity index (χ2n) is 4.62. The minimum absolute atomic E-state index is 0.0436. The average molecular weight is 264 g/mol. The number of hydrogen-bond acceptors (Lipinski definition) is 4. The van der Waals surface area contributed by atoms with Crippen LogP contribution in [0.4, 0.5) is 0 Å². The average Bonchev–Trinajstić information content (AvgIpc) is 2.53. The summed E-state index contributed by atoms with van der Waals surface area (Å²) in [6.45, 7) is 3.56. The molecule has 1 N–H and O–H groups in total. The van der Waals surface area contributed by atoms with Crippen molar-refractivity contribution in [1.29, 1.82) is 0 Å². The van der Waals surface area contributed by atoms with Gasteiger partial charge in [0.15, 0.2) is 0 Å². The van der Waals surface area contributed by atoms with Crippen molar-refractivity contribution in [1.82, 2.24) is 0 Å². The molecular weight excluding hydrogens is 248 g/mol. The van der Waals surface area contributed by atoms with Gasteiger partial charge in [-0.05, 0) is 38.0 Å². The molecule has 0 saturated carbocycles. The molecule has 1 aliphatic rings. The van der Waals surface area contributed by atoms with Crippen LogP contribution in [0, 0.1) is 0 Å². The van der Waals surface area contributed by atoms with Crippen LogP contribution in [0.15, 0.2) is 35.6 Å².